The van der Waals surface area contributed by atoms with Gasteiger partial charge in [0.25, 0.3) is 0 Å². The van der Waals surface area contributed by atoms with Crippen molar-refractivity contribution in [2.75, 3.05) is 5.32 Å². The monoisotopic (exact) mass is 288 g/mol. The van der Waals surface area contributed by atoms with E-state index < -0.39 is 5.54 Å². The van der Waals surface area contributed by atoms with Crippen LogP contribution in [0.3, 0.4) is 0 Å². The fraction of sp³-hybridized carbons (Fsp3) is 0.133. The lowest BCUT2D eigenvalue weighted by molar-refractivity contribution is 0.234. The number of nitrogens with one attached hydrogen (secondary N) is 2. The van der Waals surface area contributed by atoms with Crippen molar-refractivity contribution in [3.8, 4) is 0 Å². The maximum atomic E-state index is 12.0. The van der Waals surface area contributed by atoms with E-state index in [4.69, 9.17) is 16.0 Å². The van der Waals surface area contributed by atoms with Gasteiger partial charge in [0.05, 0.1) is 6.26 Å². The number of furan rings is 1. The predicted octanol–water partition coefficient (Wildman–Crippen LogP) is 3.89. The molecule has 1 aliphatic heterocycles. The zero-order chi connectivity index (χ0) is 14.2. The number of anilines is 1. The Kier molecular flexibility index (Phi) is 3.03. The lowest BCUT2D eigenvalue weighted by Gasteiger charge is -2.38. The molecule has 0 saturated heterocycles. The molecule has 3 rings (SSSR count). The summed E-state index contributed by atoms with van der Waals surface area (Å²) >= 11 is 6.10. The lowest BCUT2D eigenvalue weighted by atomic mass is 9.82. The molecule has 0 fully saturated rings. The van der Waals surface area contributed by atoms with Crippen molar-refractivity contribution < 1.29 is 9.21 Å². The smallest absolute Gasteiger partial charge is 0.320 e. The Hall–Kier alpha value is -2.20. The van der Waals surface area contributed by atoms with E-state index in [1.807, 2.05) is 12.1 Å². The molecular formula is C15H13ClN2O2. The Labute approximate surface area is 121 Å². The van der Waals surface area contributed by atoms with Crippen LogP contribution >= 0.6 is 11.6 Å². The molecule has 0 radical (unpaired) electrons. The number of hydrogen-bond acceptors (Lipinski definition) is 2. The molecule has 2 N–H and O–H groups in total. The molecule has 2 aromatic rings. The van der Waals surface area contributed by atoms with E-state index in [1.165, 1.54) is 0 Å². The average Bonchev–Trinajstić information content (AvgIpc) is 2.94. The number of urea groups is 1. The van der Waals surface area contributed by atoms with Crippen LogP contribution in [0.5, 0.6) is 0 Å². The van der Waals surface area contributed by atoms with Gasteiger partial charge >= 0.3 is 6.03 Å². The zero-order valence-corrected chi connectivity index (χ0v) is 11.4. The molecule has 1 aromatic carbocycles. The molecule has 5 heteroatoms. The van der Waals surface area contributed by atoms with Gasteiger partial charge in [-0.2, -0.15) is 0 Å². The summed E-state index contributed by atoms with van der Waals surface area (Å²) in [5.74, 6) is 0.649. The Bertz CT molecular complexity index is 667. The Morgan fingerprint density at radius 3 is 2.95 bits per heavy atom. The maximum absolute atomic E-state index is 12.0. The fourth-order valence-electron chi connectivity index (χ4n) is 2.59. The second-order valence-corrected chi connectivity index (χ2v) is 5.08. The van der Waals surface area contributed by atoms with Gasteiger partial charge in [-0.1, -0.05) is 17.7 Å². The van der Waals surface area contributed by atoms with Gasteiger partial charge in [0.2, 0.25) is 0 Å². The minimum atomic E-state index is -0.784. The molecule has 1 atom stereocenters. The maximum Gasteiger partial charge on any atom is 0.320 e. The van der Waals surface area contributed by atoms with E-state index in [9.17, 15) is 4.79 Å². The largest absolute Gasteiger partial charge is 0.466 e. The number of benzene rings is 1. The first-order chi connectivity index (χ1) is 9.65. The molecule has 20 heavy (non-hydrogen) atoms. The van der Waals surface area contributed by atoms with Crippen LogP contribution < -0.4 is 10.6 Å². The van der Waals surface area contributed by atoms with E-state index in [2.05, 4.69) is 17.2 Å². The van der Waals surface area contributed by atoms with Crippen LogP contribution in [0.15, 0.2) is 53.7 Å². The summed E-state index contributed by atoms with van der Waals surface area (Å²) in [6.45, 7) is 3.78. The van der Waals surface area contributed by atoms with Gasteiger partial charge in [0.1, 0.15) is 11.3 Å². The molecule has 1 aromatic heterocycles. The summed E-state index contributed by atoms with van der Waals surface area (Å²) in [4.78, 5) is 12.0. The highest BCUT2D eigenvalue weighted by atomic mass is 35.5. The SMILES string of the molecule is C=CCC1(c2ccco2)NC(=O)Nc2ccc(Cl)cc21. The minimum Gasteiger partial charge on any atom is -0.466 e. The highest BCUT2D eigenvalue weighted by Gasteiger charge is 2.42. The normalized spacial score (nSPS) is 20.8. The third-order valence-corrected chi connectivity index (χ3v) is 3.64. The van der Waals surface area contributed by atoms with Crippen molar-refractivity contribution in [1.82, 2.24) is 5.32 Å². The highest BCUT2D eigenvalue weighted by molar-refractivity contribution is 6.30. The van der Waals surface area contributed by atoms with Crippen molar-refractivity contribution in [3.63, 3.8) is 0 Å². The van der Waals surface area contributed by atoms with Gasteiger partial charge in [-0.05, 0) is 36.8 Å². The third kappa shape index (κ3) is 1.89. The summed E-state index contributed by atoms with van der Waals surface area (Å²) in [6.07, 6.45) is 3.83. The molecule has 0 saturated carbocycles. The molecule has 1 aliphatic rings. The van der Waals surface area contributed by atoms with Crippen LogP contribution in [0.25, 0.3) is 0 Å². The molecule has 2 heterocycles. The van der Waals surface area contributed by atoms with E-state index >= 15 is 0 Å². The van der Waals surface area contributed by atoms with E-state index in [0.717, 1.165) is 11.3 Å². The zero-order valence-electron chi connectivity index (χ0n) is 10.7. The standard InChI is InChI=1S/C15H13ClN2O2/c1-2-7-15(13-4-3-8-20-13)11-9-10(16)5-6-12(11)17-14(19)18-15/h2-6,8-9H,1,7H2,(H2,17,18,19). The van der Waals surface area contributed by atoms with E-state index in [-0.39, 0.29) is 6.03 Å². The van der Waals surface area contributed by atoms with Gasteiger partial charge in [0, 0.05) is 16.3 Å². The Balaban J connectivity index is 2.27. The number of amides is 2. The van der Waals surface area contributed by atoms with Crippen molar-refractivity contribution in [2.45, 2.75) is 12.0 Å². The van der Waals surface area contributed by atoms with Gasteiger partial charge in [-0.25, -0.2) is 4.79 Å². The summed E-state index contributed by atoms with van der Waals surface area (Å²) in [7, 11) is 0. The summed E-state index contributed by atoms with van der Waals surface area (Å²) < 4.78 is 5.54. The summed E-state index contributed by atoms with van der Waals surface area (Å²) in [6, 6.07) is 8.70. The van der Waals surface area contributed by atoms with Crippen LogP contribution in [-0.4, -0.2) is 6.03 Å². The number of rotatable bonds is 3. The Morgan fingerprint density at radius 1 is 1.40 bits per heavy atom. The van der Waals surface area contributed by atoms with Crippen molar-refractivity contribution in [2.24, 2.45) is 0 Å². The van der Waals surface area contributed by atoms with Gasteiger partial charge < -0.3 is 15.1 Å². The molecule has 2 amide bonds. The number of carbonyl (C=O) groups is 1. The van der Waals surface area contributed by atoms with Gasteiger partial charge in [0.15, 0.2) is 0 Å². The fourth-order valence-corrected chi connectivity index (χ4v) is 2.76. The van der Waals surface area contributed by atoms with E-state index in [1.54, 1.807) is 30.5 Å². The molecule has 1 unspecified atom stereocenters. The predicted molar refractivity (Wildman–Crippen MR) is 77.9 cm³/mol. The highest BCUT2D eigenvalue weighted by Crippen LogP contribution is 2.41. The number of halogens is 1. The van der Waals surface area contributed by atoms with Crippen molar-refractivity contribution in [1.29, 1.82) is 0 Å². The second-order valence-electron chi connectivity index (χ2n) is 4.64. The molecule has 0 bridgehead atoms. The first-order valence-electron chi connectivity index (χ1n) is 6.20. The molecule has 0 spiro atoms. The van der Waals surface area contributed by atoms with Crippen molar-refractivity contribution >= 4 is 23.3 Å². The average molecular weight is 289 g/mol. The molecular weight excluding hydrogens is 276 g/mol. The molecule has 4 nitrogen and oxygen atoms in total. The van der Waals surface area contributed by atoms with Crippen LogP contribution in [0.4, 0.5) is 10.5 Å². The topological polar surface area (TPSA) is 54.3 Å². The molecule has 0 aliphatic carbocycles. The quantitative estimate of drug-likeness (QED) is 0.842. The first-order valence-corrected chi connectivity index (χ1v) is 6.57. The lowest BCUT2D eigenvalue weighted by Crippen LogP contribution is -2.52. The number of hydrogen-bond donors (Lipinski definition) is 2. The van der Waals surface area contributed by atoms with Crippen LogP contribution in [-0.2, 0) is 5.54 Å². The van der Waals surface area contributed by atoms with Crippen LogP contribution in [0.1, 0.15) is 17.7 Å². The van der Waals surface area contributed by atoms with Gasteiger partial charge in [-0.15, -0.1) is 6.58 Å². The first kappa shape index (κ1) is 12.8. The van der Waals surface area contributed by atoms with E-state index in [0.29, 0.717) is 17.2 Å². The number of carbonyl (C=O) groups excluding carboxylic acids is 1. The second kappa shape index (κ2) is 4.72. The Morgan fingerprint density at radius 2 is 2.25 bits per heavy atom. The molecule has 102 valence electrons. The number of fused-ring (bicyclic) bond motifs is 1. The van der Waals surface area contributed by atoms with Crippen LogP contribution in [0.2, 0.25) is 5.02 Å². The van der Waals surface area contributed by atoms with Crippen LogP contribution in [0, 0.1) is 0 Å². The van der Waals surface area contributed by atoms with Crippen molar-refractivity contribution in [3.05, 3.63) is 65.6 Å². The minimum absolute atomic E-state index is 0.280. The van der Waals surface area contributed by atoms with Gasteiger partial charge in [-0.3, -0.25) is 0 Å². The summed E-state index contributed by atoms with van der Waals surface area (Å²) in [5, 5.41) is 6.32. The third-order valence-electron chi connectivity index (χ3n) is 3.41. The summed E-state index contributed by atoms with van der Waals surface area (Å²) in [5.41, 5.74) is 0.796.